The van der Waals surface area contributed by atoms with Crippen LogP contribution in [0.1, 0.15) is 11.1 Å². The number of carbonyl (C=O) groups is 2. The van der Waals surface area contributed by atoms with Gasteiger partial charge in [0.05, 0.1) is 11.3 Å². The Hall–Kier alpha value is -4.02. The molecule has 1 unspecified atom stereocenters. The summed E-state index contributed by atoms with van der Waals surface area (Å²) in [5.74, 6) is 0.0291. The molecule has 2 N–H and O–H groups in total. The van der Waals surface area contributed by atoms with E-state index in [2.05, 4.69) is 22.2 Å². The van der Waals surface area contributed by atoms with Gasteiger partial charge in [-0.1, -0.05) is 42.5 Å². The largest absolute Gasteiger partial charge is 0.340 e. The van der Waals surface area contributed by atoms with E-state index in [4.69, 9.17) is 0 Å². The summed E-state index contributed by atoms with van der Waals surface area (Å²) >= 11 is 0. The SMILES string of the molecule is C=CC(N1CCN(C(=O)Cc2ccccc2)CC1)S(=O)(=O)c1ccc(NC(=O)NCc2cccnc2)cc1. The van der Waals surface area contributed by atoms with Gasteiger partial charge in [0.2, 0.25) is 5.91 Å². The zero-order valence-corrected chi connectivity index (χ0v) is 21.8. The van der Waals surface area contributed by atoms with Crippen LogP contribution >= 0.6 is 0 Å². The van der Waals surface area contributed by atoms with Crippen molar-refractivity contribution in [3.8, 4) is 0 Å². The number of nitrogens with one attached hydrogen (secondary N) is 2. The van der Waals surface area contributed by atoms with E-state index in [1.807, 2.05) is 41.3 Å². The zero-order valence-electron chi connectivity index (χ0n) is 21.0. The number of amides is 3. The predicted octanol–water partition coefficient (Wildman–Crippen LogP) is 3.08. The van der Waals surface area contributed by atoms with E-state index in [9.17, 15) is 18.0 Å². The third-order valence-electron chi connectivity index (χ3n) is 6.36. The van der Waals surface area contributed by atoms with Crippen LogP contribution in [-0.4, -0.2) is 66.7 Å². The number of pyridine rings is 1. The van der Waals surface area contributed by atoms with Gasteiger partial charge in [-0.05, 0) is 41.5 Å². The van der Waals surface area contributed by atoms with Gasteiger partial charge in [-0.15, -0.1) is 6.58 Å². The second kappa shape index (κ2) is 12.5. The number of carbonyl (C=O) groups excluding carboxylic acids is 2. The highest BCUT2D eigenvalue weighted by Crippen LogP contribution is 2.23. The van der Waals surface area contributed by atoms with Crippen molar-refractivity contribution in [1.29, 1.82) is 0 Å². The molecule has 0 aliphatic carbocycles. The summed E-state index contributed by atoms with van der Waals surface area (Å²) in [6, 6.07) is 18.8. The van der Waals surface area contributed by atoms with Crippen LogP contribution in [0.4, 0.5) is 10.5 Å². The third-order valence-corrected chi connectivity index (χ3v) is 8.42. The van der Waals surface area contributed by atoms with Crippen molar-refractivity contribution in [2.24, 2.45) is 0 Å². The lowest BCUT2D eigenvalue weighted by molar-refractivity contribution is -0.132. The van der Waals surface area contributed by atoms with Crippen LogP contribution in [0.15, 0.2) is 96.7 Å². The molecule has 1 aliphatic heterocycles. The van der Waals surface area contributed by atoms with E-state index >= 15 is 0 Å². The monoisotopic (exact) mass is 533 g/mol. The van der Waals surface area contributed by atoms with Crippen molar-refractivity contribution < 1.29 is 18.0 Å². The predicted molar refractivity (Wildman–Crippen MR) is 146 cm³/mol. The molecule has 198 valence electrons. The van der Waals surface area contributed by atoms with Crippen LogP contribution in [0.2, 0.25) is 0 Å². The average Bonchev–Trinajstić information content (AvgIpc) is 2.94. The molecule has 1 fully saturated rings. The first-order chi connectivity index (χ1) is 18.4. The van der Waals surface area contributed by atoms with Crippen LogP contribution < -0.4 is 10.6 Å². The molecule has 2 heterocycles. The van der Waals surface area contributed by atoms with Crippen LogP contribution in [-0.2, 0) is 27.6 Å². The molecule has 1 saturated heterocycles. The molecule has 1 aliphatic rings. The highest BCUT2D eigenvalue weighted by atomic mass is 32.2. The zero-order chi connectivity index (χ0) is 27.0. The number of piperazine rings is 1. The summed E-state index contributed by atoms with van der Waals surface area (Å²) in [7, 11) is -3.76. The van der Waals surface area contributed by atoms with Crippen molar-refractivity contribution in [2.75, 3.05) is 31.5 Å². The normalized spacial score (nSPS) is 14.9. The van der Waals surface area contributed by atoms with E-state index in [0.717, 1.165) is 11.1 Å². The molecule has 1 aromatic heterocycles. The maximum Gasteiger partial charge on any atom is 0.319 e. The molecule has 0 bridgehead atoms. The topological polar surface area (TPSA) is 112 Å². The minimum Gasteiger partial charge on any atom is -0.340 e. The summed E-state index contributed by atoms with van der Waals surface area (Å²) < 4.78 is 26.8. The van der Waals surface area contributed by atoms with Crippen LogP contribution in [0.5, 0.6) is 0 Å². The lowest BCUT2D eigenvalue weighted by Crippen LogP contribution is -2.53. The van der Waals surface area contributed by atoms with Crippen LogP contribution in [0.25, 0.3) is 0 Å². The minimum absolute atomic E-state index is 0.0291. The second-order valence-corrected chi connectivity index (χ2v) is 11.0. The maximum absolute atomic E-state index is 13.4. The standard InChI is InChI=1S/C28H31N5O4S/c1-2-27(33-17-15-32(16-18-33)26(34)19-22-7-4-3-5-8-22)38(36,37)25-12-10-24(11-13-25)31-28(35)30-21-23-9-6-14-29-20-23/h2-14,20,27H,1,15-19,21H2,(H2,30,31,35). The Kier molecular flexibility index (Phi) is 8.88. The Bertz CT molecular complexity index is 1340. The molecule has 2 aromatic carbocycles. The molecule has 4 rings (SSSR count). The Labute approximate surface area is 223 Å². The molecule has 38 heavy (non-hydrogen) atoms. The summed E-state index contributed by atoms with van der Waals surface area (Å²) in [4.78, 5) is 32.6. The molecule has 0 radical (unpaired) electrons. The molecule has 9 nitrogen and oxygen atoms in total. The molecular formula is C28H31N5O4S. The van der Waals surface area contributed by atoms with Crippen molar-refractivity contribution in [3.05, 3.63) is 103 Å². The van der Waals surface area contributed by atoms with Gasteiger partial charge >= 0.3 is 6.03 Å². The van der Waals surface area contributed by atoms with E-state index in [0.29, 0.717) is 44.8 Å². The minimum atomic E-state index is -3.76. The van der Waals surface area contributed by atoms with Gasteiger partial charge < -0.3 is 15.5 Å². The molecular weight excluding hydrogens is 502 g/mol. The van der Waals surface area contributed by atoms with Crippen molar-refractivity contribution in [2.45, 2.75) is 23.2 Å². The molecule has 0 spiro atoms. The first kappa shape index (κ1) is 27.0. The number of hydrogen-bond donors (Lipinski definition) is 2. The number of hydrogen-bond acceptors (Lipinski definition) is 6. The Balaban J connectivity index is 1.32. The molecule has 10 heteroatoms. The number of aromatic nitrogens is 1. The highest BCUT2D eigenvalue weighted by molar-refractivity contribution is 7.92. The van der Waals surface area contributed by atoms with E-state index in [-0.39, 0.29) is 10.8 Å². The lowest BCUT2D eigenvalue weighted by Gasteiger charge is -2.38. The number of rotatable bonds is 9. The average molecular weight is 534 g/mol. The van der Waals surface area contributed by atoms with Gasteiger partial charge in [0.15, 0.2) is 9.84 Å². The fraction of sp³-hybridized carbons (Fsp3) is 0.250. The fourth-order valence-electron chi connectivity index (χ4n) is 4.31. The number of anilines is 1. The third kappa shape index (κ3) is 6.84. The Morgan fingerprint density at radius 2 is 1.63 bits per heavy atom. The van der Waals surface area contributed by atoms with Gasteiger partial charge in [-0.3, -0.25) is 14.7 Å². The Morgan fingerprint density at radius 1 is 0.947 bits per heavy atom. The Morgan fingerprint density at radius 3 is 2.26 bits per heavy atom. The molecule has 0 saturated carbocycles. The van der Waals surface area contributed by atoms with Crippen molar-refractivity contribution in [1.82, 2.24) is 20.1 Å². The smallest absolute Gasteiger partial charge is 0.319 e. The van der Waals surface area contributed by atoms with Gasteiger partial charge in [-0.25, -0.2) is 13.2 Å². The number of urea groups is 1. The number of nitrogens with zero attached hydrogens (tertiary/aromatic N) is 3. The van der Waals surface area contributed by atoms with E-state index in [1.165, 1.54) is 18.2 Å². The lowest BCUT2D eigenvalue weighted by atomic mass is 10.1. The maximum atomic E-state index is 13.4. The molecule has 1 atom stereocenters. The first-order valence-electron chi connectivity index (χ1n) is 12.3. The molecule has 3 aromatic rings. The quantitative estimate of drug-likeness (QED) is 0.409. The molecule has 3 amide bonds. The summed E-state index contributed by atoms with van der Waals surface area (Å²) in [5.41, 5.74) is 2.28. The van der Waals surface area contributed by atoms with Crippen molar-refractivity contribution >= 4 is 27.5 Å². The van der Waals surface area contributed by atoms with Crippen molar-refractivity contribution in [3.63, 3.8) is 0 Å². The van der Waals surface area contributed by atoms with Gasteiger partial charge in [0.1, 0.15) is 5.37 Å². The van der Waals surface area contributed by atoms with Gasteiger partial charge in [0, 0.05) is 50.8 Å². The van der Waals surface area contributed by atoms with Gasteiger partial charge in [0.25, 0.3) is 0 Å². The van der Waals surface area contributed by atoms with E-state index in [1.54, 1.807) is 35.5 Å². The second-order valence-electron chi connectivity index (χ2n) is 8.94. The van der Waals surface area contributed by atoms with Gasteiger partial charge in [-0.2, -0.15) is 0 Å². The summed E-state index contributed by atoms with van der Waals surface area (Å²) in [6.07, 6.45) is 5.07. The number of benzene rings is 2. The first-order valence-corrected chi connectivity index (χ1v) is 13.9. The summed E-state index contributed by atoms with van der Waals surface area (Å²) in [6.45, 7) is 5.83. The fourth-order valence-corrected chi connectivity index (χ4v) is 5.96. The highest BCUT2D eigenvalue weighted by Gasteiger charge is 2.33. The van der Waals surface area contributed by atoms with Crippen LogP contribution in [0, 0.1) is 0 Å². The number of sulfone groups is 1. The van der Waals surface area contributed by atoms with Crippen LogP contribution in [0.3, 0.4) is 0 Å². The van der Waals surface area contributed by atoms with E-state index < -0.39 is 21.2 Å². The summed E-state index contributed by atoms with van der Waals surface area (Å²) in [5, 5.41) is 4.51.